The van der Waals surface area contributed by atoms with E-state index < -0.39 is 28.4 Å². The Labute approximate surface area is 172 Å². The second-order valence-electron chi connectivity index (χ2n) is 5.61. The Hall–Kier alpha value is -4.12. The van der Waals surface area contributed by atoms with Crippen LogP contribution < -0.4 is 15.4 Å². The number of rotatable bonds is 5. The number of nitrogens with one attached hydrogen (secondary N) is 2. The molecule has 0 aliphatic heterocycles. The monoisotopic (exact) mass is 431 g/mol. The largest absolute Gasteiger partial charge is 0.421 e. The maximum absolute atomic E-state index is 14.2. The third kappa shape index (κ3) is 5.02. The number of nitro groups is 1. The fourth-order valence-electron chi connectivity index (χ4n) is 2.27. The molecule has 0 aliphatic rings. The summed E-state index contributed by atoms with van der Waals surface area (Å²) in [5, 5.41) is 15.4. The topological polar surface area (TPSA) is 136 Å². The summed E-state index contributed by atoms with van der Waals surface area (Å²) < 4.78 is 19.4. The molecule has 0 radical (unpaired) electrons. The molecule has 3 aromatic rings. The van der Waals surface area contributed by atoms with Crippen LogP contribution in [0.4, 0.5) is 20.6 Å². The first-order valence-electron chi connectivity index (χ1n) is 8.14. The predicted octanol–water partition coefficient (Wildman–Crippen LogP) is 3.93. The number of ether oxygens (including phenoxy) is 1. The van der Waals surface area contributed by atoms with Gasteiger partial charge in [0.15, 0.2) is 11.6 Å². The molecule has 0 bridgehead atoms. The van der Waals surface area contributed by atoms with E-state index in [1.54, 1.807) is 0 Å². The number of benzene rings is 2. The number of nitro benzene ring substituents is 1. The lowest BCUT2D eigenvalue weighted by molar-refractivity contribution is -0.385. The number of carbonyl (C=O) groups excluding carboxylic acids is 2. The molecule has 12 heteroatoms. The van der Waals surface area contributed by atoms with Crippen molar-refractivity contribution in [2.45, 2.75) is 0 Å². The van der Waals surface area contributed by atoms with E-state index in [-0.39, 0.29) is 28.0 Å². The van der Waals surface area contributed by atoms with Crippen LogP contribution in [0.1, 0.15) is 10.4 Å². The lowest BCUT2D eigenvalue weighted by Crippen LogP contribution is -2.34. The van der Waals surface area contributed by atoms with Crippen molar-refractivity contribution in [1.82, 2.24) is 15.3 Å². The van der Waals surface area contributed by atoms with Crippen molar-refractivity contribution in [2.75, 3.05) is 5.32 Å². The van der Waals surface area contributed by atoms with Gasteiger partial charge in [0.2, 0.25) is 0 Å². The Balaban J connectivity index is 1.65. The van der Waals surface area contributed by atoms with E-state index in [1.165, 1.54) is 42.7 Å². The summed E-state index contributed by atoms with van der Waals surface area (Å²) in [7, 11) is 0. The molecule has 0 unspecified atom stereocenters. The number of halogens is 2. The zero-order valence-electron chi connectivity index (χ0n) is 14.8. The van der Waals surface area contributed by atoms with Crippen molar-refractivity contribution in [1.29, 1.82) is 0 Å². The van der Waals surface area contributed by atoms with Crippen molar-refractivity contribution in [3.63, 3.8) is 0 Å². The second-order valence-corrected chi connectivity index (χ2v) is 6.05. The first-order valence-corrected chi connectivity index (χ1v) is 8.52. The van der Waals surface area contributed by atoms with E-state index in [1.807, 2.05) is 5.32 Å². The summed E-state index contributed by atoms with van der Waals surface area (Å²) in [6.07, 6.45) is 2.55. The van der Waals surface area contributed by atoms with Crippen LogP contribution in [0, 0.1) is 15.9 Å². The quantitative estimate of drug-likeness (QED) is 0.461. The van der Waals surface area contributed by atoms with Crippen LogP contribution in [-0.4, -0.2) is 26.8 Å². The fourth-order valence-corrected chi connectivity index (χ4v) is 2.37. The molecule has 0 fully saturated rings. The number of aromatic nitrogens is 2. The van der Waals surface area contributed by atoms with Crippen molar-refractivity contribution in [2.24, 2.45) is 0 Å². The zero-order valence-corrected chi connectivity index (χ0v) is 15.6. The molecule has 1 aromatic heterocycles. The summed E-state index contributed by atoms with van der Waals surface area (Å²) in [5.74, 6) is -2.03. The highest BCUT2D eigenvalue weighted by Crippen LogP contribution is 2.25. The molecule has 0 saturated heterocycles. The summed E-state index contributed by atoms with van der Waals surface area (Å²) in [6.45, 7) is 0. The van der Waals surface area contributed by atoms with E-state index in [4.69, 9.17) is 16.3 Å². The van der Waals surface area contributed by atoms with E-state index in [2.05, 4.69) is 15.3 Å². The Morgan fingerprint density at radius 1 is 1.13 bits per heavy atom. The summed E-state index contributed by atoms with van der Waals surface area (Å²) in [6, 6.07) is 7.46. The number of para-hydroxylation sites is 1. The van der Waals surface area contributed by atoms with Crippen molar-refractivity contribution >= 4 is 34.9 Å². The SMILES string of the molecule is O=C(NC(=O)c1ccccc1[N+](=O)[O-])Nc1ccc(Oc2ncc(Cl)cn2)c(F)c1. The molecule has 0 aliphatic carbocycles. The van der Waals surface area contributed by atoms with E-state index in [0.29, 0.717) is 0 Å². The van der Waals surface area contributed by atoms with Crippen LogP contribution in [0.5, 0.6) is 11.8 Å². The fraction of sp³-hybridized carbons (Fsp3) is 0. The predicted molar refractivity (Wildman–Crippen MR) is 103 cm³/mol. The molecule has 2 N–H and O–H groups in total. The highest BCUT2D eigenvalue weighted by Gasteiger charge is 2.21. The maximum Gasteiger partial charge on any atom is 0.326 e. The Kier molecular flexibility index (Phi) is 6.13. The van der Waals surface area contributed by atoms with Gasteiger partial charge < -0.3 is 10.1 Å². The van der Waals surface area contributed by atoms with Gasteiger partial charge in [0.25, 0.3) is 11.6 Å². The van der Waals surface area contributed by atoms with Gasteiger partial charge in [0, 0.05) is 17.8 Å². The Morgan fingerprint density at radius 2 is 1.83 bits per heavy atom. The van der Waals surface area contributed by atoms with Gasteiger partial charge in [-0.1, -0.05) is 23.7 Å². The Bertz CT molecular complexity index is 1130. The zero-order chi connectivity index (χ0) is 21.7. The maximum atomic E-state index is 14.2. The molecule has 1 heterocycles. The van der Waals surface area contributed by atoms with E-state index in [0.717, 1.165) is 12.1 Å². The van der Waals surface area contributed by atoms with Crippen molar-refractivity contribution in [3.8, 4) is 11.8 Å². The first-order chi connectivity index (χ1) is 14.3. The third-order valence-electron chi connectivity index (χ3n) is 3.56. The highest BCUT2D eigenvalue weighted by atomic mass is 35.5. The number of hydrogen-bond donors (Lipinski definition) is 2. The lowest BCUT2D eigenvalue weighted by Gasteiger charge is -2.09. The van der Waals surface area contributed by atoms with Gasteiger partial charge in [-0.3, -0.25) is 20.2 Å². The van der Waals surface area contributed by atoms with E-state index >= 15 is 0 Å². The molecule has 2 aromatic carbocycles. The first kappa shape index (κ1) is 20.6. The number of anilines is 1. The van der Waals surface area contributed by atoms with Crippen LogP contribution in [0.15, 0.2) is 54.9 Å². The molecule has 30 heavy (non-hydrogen) atoms. The minimum absolute atomic E-state index is 0.00439. The standard InChI is InChI=1S/C18H11ClFN5O5/c19-10-8-21-18(22-9-10)30-15-6-5-11(7-13(15)20)23-17(27)24-16(26)12-3-1-2-4-14(12)25(28)29/h1-9H,(H2,23,24,26,27). The molecule has 0 atom stereocenters. The Morgan fingerprint density at radius 3 is 2.50 bits per heavy atom. The van der Waals surface area contributed by atoms with Crippen LogP contribution in [0.2, 0.25) is 5.02 Å². The van der Waals surface area contributed by atoms with Gasteiger partial charge in [0.05, 0.1) is 22.3 Å². The van der Waals surface area contributed by atoms with Gasteiger partial charge in [-0.2, -0.15) is 0 Å². The van der Waals surface area contributed by atoms with E-state index in [9.17, 15) is 24.1 Å². The highest BCUT2D eigenvalue weighted by molar-refractivity contribution is 6.30. The minimum Gasteiger partial charge on any atom is -0.421 e. The number of amides is 3. The number of hydrogen-bond acceptors (Lipinski definition) is 7. The number of imide groups is 1. The minimum atomic E-state index is -1.01. The molecular formula is C18H11ClFN5O5. The average Bonchev–Trinajstić information content (AvgIpc) is 2.71. The summed E-state index contributed by atoms with van der Waals surface area (Å²) >= 11 is 5.66. The number of urea groups is 1. The number of nitrogens with zero attached hydrogens (tertiary/aromatic N) is 3. The molecule has 10 nitrogen and oxygen atoms in total. The smallest absolute Gasteiger partial charge is 0.326 e. The van der Waals surface area contributed by atoms with Crippen LogP contribution >= 0.6 is 11.6 Å². The molecule has 0 saturated carbocycles. The number of carbonyl (C=O) groups is 2. The lowest BCUT2D eigenvalue weighted by atomic mass is 10.1. The molecule has 152 valence electrons. The van der Waals surface area contributed by atoms with Gasteiger partial charge in [-0.05, 0) is 18.2 Å². The second kappa shape index (κ2) is 8.92. The molecule has 3 rings (SSSR count). The van der Waals surface area contributed by atoms with Crippen LogP contribution in [0.3, 0.4) is 0 Å². The summed E-state index contributed by atoms with van der Waals surface area (Å²) in [5.41, 5.74) is -0.750. The van der Waals surface area contributed by atoms with Gasteiger partial charge in [0.1, 0.15) is 5.56 Å². The summed E-state index contributed by atoms with van der Waals surface area (Å²) in [4.78, 5) is 41.9. The molecule has 3 amide bonds. The average molecular weight is 432 g/mol. The van der Waals surface area contributed by atoms with Gasteiger partial charge in [-0.25, -0.2) is 19.2 Å². The van der Waals surface area contributed by atoms with Crippen LogP contribution in [0.25, 0.3) is 0 Å². The normalized spacial score (nSPS) is 10.2. The molecule has 0 spiro atoms. The van der Waals surface area contributed by atoms with Crippen molar-refractivity contribution in [3.05, 3.63) is 81.4 Å². The van der Waals surface area contributed by atoms with Gasteiger partial charge in [-0.15, -0.1) is 0 Å². The van der Waals surface area contributed by atoms with Crippen molar-refractivity contribution < 1.29 is 23.6 Å². The molecular weight excluding hydrogens is 421 g/mol. The van der Waals surface area contributed by atoms with Crippen LogP contribution in [-0.2, 0) is 0 Å². The van der Waals surface area contributed by atoms with Gasteiger partial charge >= 0.3 is 12.0 Å². The third-order valence-corrected chi connectivity index (χ3v) is 3.76.